The fraction of sp³-hybridized carbons (Fsp3) is 0.176. The molecule has 0 saturated heterocycles. The number of hydrogen-bond donors (Lipinski definition) is 1. The molecule has 2 rings (SSSR count). The predicted octanol–water partition coefficient (Wildman–Crippen LogP) is 2.63. The van der Waals surface area contributed by atoms with E-state index in [1.54, 1.807) is 36.0 Å². The van der Waals surface area contributed by atoms with Crippen LogP contribution in [0.2, 0.25) is 0 Å². The summed E-state index contributed by atoms with van der Waals surface area (Å²) in [5, 5.41) is 0. The van der Waals surface area contributed by atoms with Gasteiger partial charge in [0.05, 0.1) is 5.56 Å². The first-order valence-electron chi connectivity index (χ1n) is 6.89. The van der Waals surface area contributed by atoms with E-state index in [1.165, 1.54) is 0 Å². The molecule has 5 nitrogen and oxygen atoms in total. The van der Waals surface area contributed by atoms with Crippen molar-refractivity contribution in [1.29, 1.82) is 0 Å². The van der Waals surface area contributed by atoms with Gasteiger partial charge in [-0.25, -0.2) is 4.79 Å². The van der Waals surface area contributed by atoms with Crippen molar-refractivity contribution in [2.75, 3.05) is 12.9 Å². The number of carbonyl (C=O) groups is 2. The largest absolute Gasteiger partial charge is 0.484 e. The van der Waals surface area contributed by atoms with Gasteiger partial charge in [0.1, 0.15) is 12.4 Å². The molecule has 2 N–H and O–H groups in total. The molecule has 2 aromatic carbocycles. The fourth-order valence-corrected chi connectivity index (χ4v) is 2.20. The molecule has 0 bridgehead atoms. The molecular weight excluding hydrogens is 314 g/mol. The molecule has 23 heavy (non-hydrogen) atoms. The van der Waals surface area contributed by atoms with Crippen LogP contribution in [0.4, 0.5) is 0 Å². The maximum absolute atomic E-state index is 12.0. The molecule has 120 valence electrons. The predicted molar refractivity (Wildman–Crippen MR) is 88.5 cm³/mol. The third kappa shape index (κ3) is 5.34. The van der Waals surface area contributed by atoms with Gasteiger partial charge in [-0.1, -0.05) is 12.1 Å². The second-order valence-corrected chi connectivity index (χ2v) is 5.58. The Balaban J connectivity index is 1.88. The lowest BCUT2D eigenvalue weighted by Crippen LogP contribution is -2.20. The molecule has 1 amide bonds. The number of carbonyl (C=O) groups excluding carboxylic acids is 2. The zero-order chi connectivity index (χ0) is 16.7. The highest BCUT2D eigenvalue weighted by atomic mass is 32.2. The maximum Gasteiger partial charge on any atom is 0.338 e. The minimum atomic E-state index is -0.555. The molecular formula is C17H17NO4S. The molecule has 0 saturated carbocycles. The lowest BCUT2D eigenvalue weighted by atomic mass is 10.2. The van der Waals surface area contributed by atoms with Crippen LogP contribution in [-0.2, 0) is 16.1 Å². The van der Waals surface area contributed by atoms with E-state index in [-0.39, 0.29) is 13.2 Å². The molecule has 0 aromatic heterocycles. The lowest BCUT2D eigenvalue weighted by molar-refractivity contribution is -0.119. The Morgan fingerprint density at radius 3 is 2.26 bits per heavy atom. The monoisotopic (exact) mass is 331 g/mol. The summed E-state index contributed by atoms with van der Waals surface area (Å²) in [4.78, 5) is 23.8. The highest BCUT2D eigenvalue weighted by Gasteiger charge is 2.08. The summed E-state index contributed by atoms with van der Waals surface area (Å²) in [6.45, 7) is 0.0171. The summed E-state index contributed by atoms with van der Waals surface area (Å²) in [5.74, 6) is -0.505. The summed E-state index contributed by atoms with van der Waals surface area (Å²) in [7, 11) is 0. The van der Waals surface area contributed by atoms with E-state index in [4.69, 9.17) is 15.2 Å². The van der Waals surface area contributed by atoms with Crippen LogP contribution in [0.3, 0.4) is 0 Å². The van der Waals surface area contributed by atoms with Gasteiger partial charge in [-0.05, 0) is 48.2 Å². The number of esters is 1. The van der Waals surface area contributed by atoms with Crippen molar-refractivity contribution >= 4 is 23.6 Å². The maximum atomic E-state index is 12.0. The van der Waals surface area contributed by atoms with Crippen LogP contribution in [0.5, 0.6) is 5.75 Å². The van der Waals surface area contributed by atoms with Gasteiger partial charge in [-0.2, -0.15) is 0 Å². The summed E-state index contributed by atoms with van der Waals surface area (Å²) < 4.78 is 10.4. The first-order valence-corrected chi connectivity index (χ1v) is 8.12. The Morgan fingerprint density at radius 2 is 1.70 bits per heavy atom. The number of thioether (sulfide) groups is 1. The van der Waals surface area contributed by atoms with Crippen LogP contribution < -0.4 is 10.5 Å². The van der Waals surface area contributed by atoms with Gasteiger partial charge in [0.15, 0.2) is 6.61 Å². The Labute approximate surface area is 138 Å². The second-order valence-electron chi connectivity index (χ2n) is 4.70. The minimum absolute atomic E-state index is 0.199. The molecule has 0 aliphatic rings. The highest BCUT2D eigenvalue weighted by Crippen LogP contribution is 2.16. The Hall–Kier alpha value is -2.47. The van der Waals surface area contributed by atoms with E-state index < -0.39 is 11.9 Å². The summed E-state index contributed by atoms with van der Waals surface area (Å²) in [5.41, 5.74) is 6.33. The van der Waals surface area contributed by atoms with Crippen LogP contribution in [0, 0.1) is 0 Å². The van der Waals surface area contributed by atoms with Crippen molar-refractivity contribution in [2.45, 2.75) is 11.5 Å². The van der Waals surface area contributed by atoms with E-state index >= 15 is 0 Å². The Morgan fingerprint density at radius 1 is 1.04 bits per heavy atom. The lowest BCUT2D eigenvalue weighted by Gasteiger charge is -2.07. The highest BCUT2D eigenvalue weighted by molar-refractivity contribution is 7.98. The van der Waals surface area contributed by atoms with Crippen LogP contribution in [0.25, 0.3) is 0 Å². The van der Waals surface area contributed by atoms with Crippen molar-refractivity contribution in [3.63, 3.8) is 0 Å². The van der Waals surface area contributed by atoms with Gasteiger partial charge in [-0.3, -0.25) is 4.79 Å². The average molecular weight is 331 g/mol. The number of ether oxygens (including phenoxy) is 2. The van der Waals surface area contributed by atoms with E-state index in [2.05, 4.69) is 0 Å². The van der Waals surface area contributed by atoms with Gasteiger partial charge in [0.25, 0.3) is 5.91 Å². The molecule has 0 aliphatic carbocycles. The number of nitrogens with two attached hydrogens (primary N) is 1. The quantitative estimate of drug-likeness (QED) is 0.623. The minimum Gasteiger partial charge on any atom is -0.484 e. The number of primary amides is 1. The van der Waals surface area contributed by atoms with Gasteiger partial charge >= 0.3 is 5.97 Å². The molecule has 0 unspecified atom stereocenters. The van der Waals surface area contributed by atoms with Crippen molar-refractivity contribution in [1.82, 2.24) is 0 Å². The molecule has 6 heteroatoms. The standard InChI is InChI=1S/C17H17NO4S/c1-23-15-8-2-12(3-9-15)10-22-17(20)13-4-6-14(7-5-13)21-11-16(18)19/h2-9H,10-11H2,1H3,(H2,18,19). The smallest absolute Gasteiger partial charge is 0.338 e. The number of rotatable bonds is 7. The number of hydrogen-bond acceptors (Lipinski definition) is 5. The summed E-state index contributed by atoms with van der Waals surface area (Å²) >= 11 is 1.66. The topological polar surface area (TPSA) is 78.6 Å². The normalized spacial score (nSPS) is 10.1. The number of benzene rings is 2. The van der Waals surface area contributed by atoms with Crippen LogP contribution in [0.1, 0.15) is 15.9 Å². The zero-order valence-corrected chi connectivity index (χ0v) is 13.5. The van der Waals surface area contributed by atoms with Gasteiger partial charge in [0, 0.05) is 4.90 Å². The van der Waals surface area contributed by atoms with Gasteiger partial charge in [-0.15, -0.1) is 11.8 Å². The third-order valence-corrected chi connectivity index (χ3v) is 3.74. The number of amides is 1. The first kappa shape index (κ1) is 16.9. The van der Waals surface area contributed by atoms with Crippen LogP contribution >= 0.6 is 11.8 Å². The third-order valence-electron chi connectivity index (χ3n) is 3.00. The van der Waals surface area contributed by atoms with Crippen molar-refractivity contribution in [3.05, 3.63) is 59.7 Å². The van der Waals surface area contributed by atoms with E-state index in [0.29, 0.717) is 11.3 Å². The Kier molecular flexibility index (Phi) is 6.05. The molecule has 0 atom stereocenters. The fourth-order valence-electron chi connectivity index (χ4n) is 1.80. The zero-order valence-electron chi connectivity index (χ0n) is 12.7. The summed E-state index contributed by atoms with van der Waals surface area (Å²) in [6, 6.07) is 14.2. The molecule has 0 aliphatic heterocycles. The summed E-state index contributed by atoms with van der Waals surface area (Å²) in [6.07, 6.45) is 2.01. The molecule has 0 fully saturated rings. The van der Waals surface area contributed by atoms with Crippen LogP contribution in [-0.4, -0.2) is 24.7 Å². The molecule has 0 spiro atoms. The Bertz CT molecular complexity index is 668. The van der Waals surface area contributed by atoms with E-state index in [9.17, 15) is 9.59 Å². The van der Waals surface area contributed by atoms with Crippen molar-refractivity contribution < 1.29 is 19.1 Å². The second kappa shape index (κ2) is 8.24. The van der Waals surface area contributed by atoms with Gasteiger partial charge in [0.2, 0.25) is 0 Å². The average Bonchev–Trinajstić information content (AvgIpc) is 2.58. The molecule has 0 heterocycles. The first-order chi connectivity index (χ1) is 11.1. The molecule has 2 aromatic rings. The molecule has 0 radical (unpaired) electrons. The van der Waals surface area contributed by atoms with Crippen LogP contribution in [0.15, 0.2) is 53.4 Å². The van der Waals surface area contributed by atoms with Crippen molar-refractivity contribution in [3.8, 4) is 5.75 Å². The van der Waals surface area contributed by atoms with E-state index in [1.807, 2.05) is 30.5 Å². The van der Waals surface area contributed by atoms with E-state index in [0.717, 1.165) is 10.5 Å². The van der Waals surface area contributed by atoms with Crippen molar-refractivity contribution in [2.24, 2.45) is 5.73 Å². The van der Waals surface area contributed by atoms with Gasteiger partial charge < -0.3 is 15.2 Å². The SMILES string of the molecule is CSc1ccc(COC(=O)c2ccc(OCC(N)=O)cc2)cc1.